The summed E-state index contributed by atoms with van der Waals surface area (Å²) < 4.78 is 4.72. The SMILES string of the molecule is O=C1COC(=O)N1c1ccc(NCC[C@@H]2C[C@@H]2C2CCN(c3ncc(Cl)cn3)CC2)cn1. The number of imide groups is 1. The van der Waals surface area contributed by atoms with E-state index in [0.29, 0.717) is 10.8 Å². The number of ether oxygens (including phenoxy) is 1. The number of piperidine rings is 1. The lowest BCUT2D eigenvalue weighted by molar-refractivity contribution is -0.117. The number of aromatic nitrogens is 3. The zero-order valence-corrected chi connectivity index (χ0v) is 18.4. The number of rotatable bonds is 7. The highest BCUT2D eigenvalue weighted by Gasteiger charge is 2.43. The maximum absolute atomic E-state index is 11.7. The molecule has 1 N–H and O–H groups in total. The Morgan fingerprint density at radius 1 is 1.09 bits per heavy atom. The number of hydrogen-bond acceptors (Lipinski definition) is 8. The van der Waals surface area contributed by atoms with Gasteiger partial charge in [-0.3, -0.25) is 4.79 Å². The van der Waals surface area contributed by atoms with Gasteiger partial charge in [0.2, 0.25) is 5.95 Å². The van der Waals surface area contributed by atoms with Crippen molar-refractivity contribution in [1.29, 1.82) is 0 Å². The smallest absolute Gasteiger partial charge is 0.423 e. The first kappa shape index (κ1) is 20.9. The Hall–Kier alpha value is -2.94. The molecule has 2 amide bonds. The predicted octanol–water partition coefficient (Wildman–Crippen LogP) is 3.36. The van der Waals surface area contributed by atoms with E-state index in [9.17, 15) is 9.59 Å². The number of hydrogen-bond donors (Lipinski definition) is 1. The first-order valence-corrected chi connectivity index (χ1v) is 11.4. The van der Waals surface area contributed by atoms with Gasteiger partial charge in [0.1, 0.15) is 5.82 Å². The maximum atomic E-state index is 11.7. The number of nitrogens with one attached hydrogen (secondary N) is 1. The van der Waals surface area contributed by atoms with Gasteiger partial charge in [-0.1, -0.05) is 11.6 Å². The van der Waals surface area contributed by atoms with E-state index >= 15 is 0 Å². The van der Waals surface area contributed by atoms with Gasteiger partial charge < -0.3 is 15.0 Å². The van der Waals surface area contributed by atoms with Crippen molar-refractivity contribution in [3.8, 4) is 0 Å². The van der Waals surface area contributed by atoms with Gasteiger partial charge in [0.15, 0.2) is 6.61 Å². The highest BCUT2D eigenvalue weighted by molar-refractivity contribution is 6.30. The van der Waals surface area contributed by atoms with Gasteiger partial charge in [0.05, 0.1) is 29.3 Å². The van der Waals surface area contributed by atoms with E-state index in [2.05, 4.69) is 25.2 Å². The molecule has 2 aliphatic heterocycles. The molecule has 4 heterocycles. The van der Waals surface area contributed by atoms with E-state index in [1.54, 1.807) is 24.7 Å². The fourth-order valence-corrected chi connectivity index (χ4v) is 4.87. The van der Waals surface area contributed by atoms with E-state index in [1.165, 1.54) is 19.3 Å². The van der Waals surface area contributed by atoms with Crippen molar-refractivity contribution in [1.82, 2.24) is 15.0 Å². The molecule has 5 rings (SSSR count). The Kier molecular flexibility index (Phi) is 5.82. The van der Waals surface area contributed by atoms with E-state index in [-0.39, 0.29) is 6.61 Å². The molecule has 32 heavy (non-hydrogen) atoms. The lowest BCUT2D eigenvalue weighted by atomic mass is 9.90. The molecule has 168 valence electrons. The van der Waals surface area contributed by atoms with Gasteiger partial charge in [-0.15, -0.1) is 0 Å². The summed E-state index contributed by atoms with van der Waals surface area (Å²) in [6.45, 7) is 2.65. The lowest BCUT2D eigenvalue weighted by Gasteiger charge is -2.32. The summed E-state index contributed by atoms with van der Waals surface area (Å²) in [6, 6.07) is 3.49. The average Bonchev–Trinajstić information content (AvgIpc) is 3.51. The predicted molar refractivity (Wildman–Crippen MR) is 120 cm³/mol. The topological polar surface area (TPSA) is 101 Å². The molecule has 1 aliphatic carbocycles. The van der Waals surface area contributed by atoms with Crippen LogP contribution in [0, 0.1) is 17.8 Å². The number of carbonyl (C=O) groups excluding carboxylic acids is 2. The van der Waals surface area contributed by atoms with E-state index in [4.69, 9.17) is 16.3 Å². The second kappa shape index (κ2) is 8.90. The van der Waals surface area contributed by atoms with Crippen molar-refractivity contribution < 1.29 is 14.3 Å². The van der Waals surface area contributed by atoms with Crippen LogP contribution in [0.2, 0.25) is 5.02 Å². The van der Waals surface area contributed by atoms with E-state index < -0.39 is 12.0 Å². The van der Waals surface area contributed by atoms with E-state index in [0.717, 1.165) is 60.3 Å². The standard InChI is InChI=1S/C22H25ClN6O3/c23-16-10-26-21(27-11-16)28-7-4-14(5-8-28)18-9-15(18)3-6-24-17-1-2-19(25-12-17)29-20(30)13-32-22(29)31/h1-2,10-12,14-15,18,24H,3-9,13H2/t15-,18-/m1/s1. The fourth-order valence-electron chi connectivity index (χ4n) is 4.78. The third kappa shape index (κ3) is 4.48. The second-order valence-corrected chi connectivity index (χ2v) is 9.03. The summed E-state index contributed by atoms with van der Waals surface area (Å²) in [6.07, 6.45) is 9.09. The number of carbonyl (C=O) groups is 2. The summed E-state index contributed by atoms with van der Waals surface area (Å²) in [5, 5.41) is 3.96. The van der Waals surface area contributed by atoms with Crippen molar-refractivity contribution in [2.24, 2.45) is 17.8 Å². The third-order valence-electron chi connectivity index (χ3n) is 6.58. The van der Waals surface area contributed by atoms with Crippen LogP contribution in [0.1, 0.15) is 25.7 Å². The van der Waals surface area contributed by atoms with Crippen LogP contribution < -0.4 is 15.1 Å². The maximum Gasteiger partial charge on any atom is 0.423 e. The molecule has 0 spiro atoms. The number of nitrogens with zero attached hydrogens (tertiary/aromatic N) is 5. The van der Waals surface area contributed by atoms with E-state index in [1.807, 2.05) is 6.07 Å². The largest absolute Gasteiger partial charge is 0.439 e. The minimum Gasteiger partial charge on any atom is -0.439 e. The van der Waals surface area contributed by atoms with Crippen LogP contribution in [0.4, 0.5) is 22.2 Å². The third-order valence-corrected chi connectivity index (χ3v) is 6.78. The summed E-state index contributed by atoms with van der Waals surface area (Å²) >= 11 is 5.88. The van der Waals surface area contributed by atoms with Gasteiger partial charge in [-0.05, 0) is 55.6 Å². The Bertz CT molecular complexity index is 962. The van der Waals surface area contributed by atoms with Crippen LogP contribution in [0.25, 0.3) is 0 Å². The normalized spacial score (nSPS) is 23.4. The van der Waals surface area contributed by atoms with Crippen molar-refractivity contribution in [2.75, 3.05) is 41.4 Å². The molecule has 0 radical (unpaired) electrons. The highest BCUT2D eigenvalue weighted by atomic mass is 35.5. The van der Waals surface area contributed by atoms with Crippen LogP contribution in [0.15, 0.2) is 30.7 Å². The molecule has 0 bridgehead atoms. The Balaban J connectivity index is 1.03. The molecular weight excluding hydrogens is 432 g/mol. The van der Waals surface area contributed by atoms with Gasteiger partial charge in [-0.2, -0.15) is 4.90 Å². The van der Waals surface area contributed by atoms with Crippen LogP contribution >= 0.6 is 11.6 Å². The molecule has 1 saturated carbocycles. The molecule has 10 heteroatoms. The number of amides is 2. The van der Waals surface area contributed by atoms with Crippen molar-refractivity contribution in [2.45, 2.75) is 25.7 Å². The number of anilines is 3. The molecule has 3 aliphatic rings. The van der Waals surface area contributed by atoms with Crippen molar-refractivity contribution >= 4 is 41.1 Å². The Labute approximate surface area is 191 Å². The number of cyclic esters (lactones) is 1. The molecule has 2 saturated heterocycles. The Morgan fingerprint density at radius 3 is 2.53 bits per heavy atom. The van der Waals surface area contributed by atoms with Gasteiger partial charge in [-0.25, -0.2) is 19.7 Å². The summed E-state index contributed by atoms with van der Waals surface area (Å²) in [5.74, 6) is 3.04. The summed E-state index contributed by atoms with van der Waals surface area (Å²) in [7, 11) is 0. The summed E-state index contributed by atoms with van der Waals surface area (Å²) in [5.41, 5.74) is 0.877. The molecule has 3 fully saturated rings. The second-order valence-electron chi connectivity index (χ2n) is 8.59. The minimum absolute atomic E-state index is 0.225. The molecule has 0 aromatic carbocycles. The van der Waals surface area contributed by atoms with Gasteiger partial charge in [0, 0.05) is 19.6 Å². The van der Waals surface area contributed by atoms with Crippen molar-refractivity contribution in [3.63, 3.8) is 0 Å². The van der Waals surface area contributed by atoms with Gasteiger partial charge >= 0.3 is 6.09 Å². The van der Waals surface area contributed by atoms with Crippen LogP contribution in [0.3, 0.4) is 0 Å². The van der Waals surface area contributed by atoms with Gasteiger partial charge in [0.25, 0.3) is 5.91 Å². The molecule has 2 atom stereocenters. The monoisotopic (exact) mass is 456 g/mol. The summed E-state index contributed by atoms with van der Waals surface area (Å²) in [4.78, 5) is 39.4. The fraction of sp³-hybridized carbons (Fsp3) is 0.500. The number of halogens is 1. The van der Waals surface area contributed by atoms with Crippen LogP contribution in [-0.2, 0) is 9.53 Å². The highest BCUT2D eigenvalue weighted by Crippen LogP contribution is 2.49. The first-order chi connectivity index (χ1) is 15.6. The van der Waals surface area contributed by atoms with Crippen molar-refractivity contribution in [3.05, 3.63) is 35.7 Å². The van der Waals surface area contributed by atoms with Crippen LogP contribution in [0.5, 0.6) is 0 Å². The zero-order chi connectivity index (χ0) is 22.1. The van der Waals surface area contributed by atoms with Crippen LogP contribution in [-0.4, -0.2) is 53.2 Å². The average molecular weight is 457 g/mol. The molecule has 2 aromatic heterocycles. The molecule has 2 aromatic rings. The molecule has 0 unspecified atom stereocenters. The molecule has 9 nitrogen and oxygen atoms in total. The minimum atomic E-state index is -0.672. The Morgan fingerprint density at radius 2 is 1.88 bits per heavy atom. The molecular formula is C22H25ClN6O3. The zero-order valence-electron chi connectivity index (χ0n) is 17.6. The lowest BCUT2D eigenvalue weighted by Crippen LogP contribution is -2.35. The quantitative estimate of drug-likeness (QED) is 0.676. The first-order valence-electron chi connectivity index (χ1n) is 11.0. The number of pyridine rings is 1.